The smallest absolute Gasteiger partial charge is 0.0595 e. The summed E-state index contributed by atoms with van der Waals surface area (Å²) >= 11 is 0. The number of aliphatic hydroxyl groups is 2. The molecule has 3 unspecified atom stereocenters. The Hall–Kier alpha value is -1.58. The molecule has 0 saturated carbocycles. The van der Waals surface area contributed by atoms with Crippen LogP contribution in [-0.4, -0.2) is 27.4 Å². The van der Waals surface area contributed by atoms with Crippen LogP contribution in [0.1, 0.15) is 58.4 Å². The van der Waals surface area contributed by atoms with Crippen molar-refractivity contribution in [2.75, 3.05) is 0 Å². The van der Waals surface area contributed by atoms with Gasteiger partial charge in [0.05, 0.1) is 17.7 Å². The molecule has 2 N–H and O–H groups in total. The summed E-state index contributed by atoms with van der Waals surface area (Å²) in [6, 6.07) is 21.6. The molecule has 0 spiro atoms. The molecule has 0 bridgehead atoms. The average Bonchev–Trinajstić information content (AvgIpc) is 2.74. The summed E-state index contributed by atoms with van der Waals surface area (Å²) in [5.41, 5.74) is 4.29. The van der Waals surface area contributed by atoms with Gasteiger partial charge in [0.15, 0.2) is 0 Å². The van der Waals surface area contributed by atoms with Gasteiger partial charge in [0.1, 0.15) is 0 Å². The summed E-state index contributed by atoms with van der Waals surface area (Å²) in [5.74, 6) is 0.370. The Morgan fingerprint density at radius 1 is 1.03 bits per heavy atom. The quantitative estimate of drug-likeness (QED) is 0.298. The molecule has 3 aromatic rings. The number of unbranched alkanes of at least 4 members (excludes halogenated alkanes) is 1. The zero-order valence-electron chi connectivity index (χ0n) is 19.1. The number of pyridine rings is 1. The fourth-order valence-corrected chi connectivity index (χ4v) is 3.71. The molecule has 4 heteroatoms. The van der Waals surface area contributed by atoms with Crippen LogP contribution in [0.25, 0.3) is 22.2 Å². The number of benzene rings is 2. The van der Waals surface area contributed by atoms with Crippen molar-refractivity contribution in [2.45, 2.75) is 72.0 Å². The van der Waals surface area contributed by atoms with Gasteiger partial charge >= 0.3 is 0 Å². The van der Waals surface area contributed by atoms with Gasteiger partial charge in [-0.1, -0.05) is 62.9 Å². The van der Waals surface area contributed by atoms with Crippen molar-refractivity contribution in [1.29, 1.82) is 0 Å². The molecule has 171 valence electrons. The van der Waals surface area contributed by atoms with Gasteiger partial charge in [-0.25, -0.2) is 0 Å². The van der Waals surface area contributed by atoms with E-state index in [2.05, 4.69) is 39.0 Å². The minimum atomic E-state index is -0.384. The monoisotopic (exact) mass is 599 g/mol. The molecule has 3 nitrogen and oxygen atoms in total. The predicted molar refractivity (Wildman–Crippen MR) is 126 cm³/mol. The summed E-state index contributed by atoms with van der Waals surface area (Å²) in [7, 11) is 0. The topological polar surface area (TPSA) is 53.4 Å². The number of rotatable bonds is 8. The summed E-state index contributed by atoms with van der Waals surface area (Å²) in [5, 5.41) is 20.1. The minimum Gasteiger partial charge on any atom is -0.393 e. The number of aryl methyl sites for hydroxylation is 1. The van der Waals surface area contributed by atoms with Crippen molar-refractivity contribution < 1.29 is 30.3 Å². The van der Waals surface area contributed by atoms with Crippen LogP contribution in [0.5, 0.6) is 0 Å². The fourth-order valence-electron chi connectivity index (χ4n) is 3.71. The van der Waals surface area contributed by atoms with E-state index in [-0.39, 0.29) is 32.3 Å². The molecule has 1 heterocycles. The third-order valence-electron chi connectivity index (χ3n) is 5.46. The maximum atomic E-state index is 9.75. The Balaban J connectivity index is 0.000000314. The summed E-state index contributed by atoms with van der Waals surface area (Å²) in [4.78, 5) is 4.71. The van der Waals surface area contributed by atoms with Gasteiger partial charge in [-0.3, -0.25) is 4.98 Å². The molecule has 0 saturated heterocycles. The van der Waals surface area contributed by atoms with Crippen LogP contribution < -0.4 is 0 Å². The number of hydrogen-bond acceptors (Lipinski definition) is 3. The summed E-state index contributed by atoms with van der Waals surface area (Å²) in [6.07, 6.45) is 4.26. The Kier molecular flexibility index (Phi) is 12.8. The largest absolute Gasteiger partial charge is 0.393 e. The van der Waals surface area contributed by atoms with E-state index in [0.29, 0.717) is 12.3 Å². The molecule has 31 heavy (non-hydrogen) atoms. The third kappa shape index (κ3) is 8.82. The van der Waals surface area contributed by atoms with Crippen LogP contribution in [0.2, 0.25) is 0 Å². The molecule has 0 aliphatic heterocycles. The number of hydrogen-bond donors (Lipinski definition) is 2. The van der Waals surface area contributed by atoms with E-state index in [9.17, 15) is 5.11 Å². The first-order valence-electron chi connectivity index (χ1n) is 11.2. The zero-order chi connectivity index (χ0) is 21.9. The number of aromatic nitrogens is 1. The second-order valence-electron chi connectivity index (χ2n) is 8.09. The van der Waals surface area contributed by atoms with E-state index in [1.54, 1.807) is 6.92 Å². The van der Waals surface area contributed by atoms with E-state index < -0.39 is 0 Å². The molecular formula is C27H36IrNO2-. The van der Waals surface area contributed by atoms with Gasteiger partial charge in [0.2, 0.25) is 0 Å². The third-order valence-corrected chi connectivity index (χ3v) is 5.46. The van der Waals surface area contributed by atoms with Crippen molar-refractivity contribution in [2.24, 2.45) is 5.92 Å². The molecule has 2 aromatic carbocycles. The first-order valence-corrected chi connectivity index (χ1v) is 11.2. The van der Waals surface area contributed by atoms with Crippen LogP contribution in [-0.2, 0) is 20.1 Å². The molecule has 3 rings (SSSR count). The van der Waals surface area contributed by atoms with Crippen molar-refractivity contribution >= 4 is 10.9 Å². The number of aliphatic hydroxyl groups excluding tert-OH is 2. The maximum absolute atomic E-state index is 9.75. The van der Waals surface area contributed by atoms with Crippen LogP contribution in [0.4, 0.5) is 0 Å². The molecule has 1 radical (unpaired) electrons. The average molecular weight is 599 g/mol. The van der Waals surface area contributed by atoms with Crippen LogP contribution in [0, 0.1) is 18.9 Å². The molecule has 0 amide bonds. The van der Waals surface area contributed by atoms with Crippen molar-refractivity contribution in [3.63, 3.8) is 0 Å². The SMILES string of the molecule is CCCCC(CC)C(O)CC(C)O.Cc1cc2ccccc2nc1-c1[c-]cccc1.[Ir]. The molecule has 1 aromatic heterocycles. The molecule has 0 aliphatic carbocycles. The minimum absolute atomic E-state index is 0. The second-order valence-corrected chi connectivity index (χ2v) is 8.09. The van der Waals surface area contributed by atoms with Gasteiger partial charge < -0.3 is 10.2 Å². The fraction of sp³-hybridized carbons (Fsp3) is 0.444. The van der Waals surface area contributed by atoms with E-state index >= 15 is 0 Å². The van der Waals surface area contributed by atoms with Gasteiger partial charge in [-0.15, -0.1) is 35.9 Å². The van der Waals surface area contributed by atoms with Crippen LogP contribution in [0.15, 0.2) is 54.6 Å². The Morgan fingerprint density at radius 3 is 2.35 bits per heavy atom. The molecule has 0 aliphatic rings. The van der Waals surface area contributed by atoms with Crippen molar-refractivity contribution in [3.05, 3.63) is 66.2 Å². The number of fused-ring (bicyclic) bond motifs is 1. The first-order chi connectivity index (χ1) is 14.5. The normalized spacial score (nSPS) is 13.5. The Bertz CT molecular complexity index is 883. The maximum Gasteiger partial charge on any atom is 0.0595 e. The van der Waals surface area contributed by atoms with Gasteiger partial charge in [0.25, 0.3) is 0 Å². The Labute approximate surface area is 201 Å². The van der Waals surface area contributed by atoms with Gasteiger partial charge in [0, 0.05) is 20.1 Å². The Morgan fingerprint density at radius 2 is 1.74 bits per heavy atom. The van der Waals surface area contributed by atoms with Gasteiger partial charge in [-0.05, 0) is 49.8 Å². The van der Waals surface area contributed by atoms with Crippen molar-refractivity contribution in [1.82, 2.24) is 4.98 Å². The molecule has 0 fully saturated rings. The first kappa shape index (κ1) is 27.5. The number of nitrogens with zero attached hydrogens (tertiary/aromatic N) is 1. The summed E-state index contributed by atoms with van der Waals surface area (Å²) < 4.78 is 0. The van der Waals surface area contributed by atoms with E-state index in [1.807, 2.05) is 42.5 Å². The molecule has 3 atom stereocenters. The summed E-state index contributed by atoms with van der Waals surface area (Å²) in [6.45, 7) is 8.09. The van der Waals surface area contributed by atoms with Crippen LogP contribution >= 0.6 is 0 Å². The zero-order valence-corrected chi connectivity index (χ0v) is 21.5. The van der Waals surface area contributed by atoms with E-state index in [0.717, 1.165) is 29.6 Å². The molecular weight excluding hydrogens is 563 g/mol. The van der Waals surface area contributed by atoms with E-state index in [1.165, 1.54) is 23.8 Å². The second kappa shape index (κ2) is 14.5. The van der Waals surface area contributed by atoms with Crippen molar-refractivity contribution in [3.8, 4) is 11.3 Å². The predicted octanol–water partition coefficient (Wildman–Crippen LogP) is 6.34. The van der Waals surface area contributed by atoms with Crippen LogP contribution in [0.3, 0.4) is 0 Å². The number of para-hydroxylation sites is 1. The van der Waals surface area contributed by atoms with Gasteiger partial charge in [-0.2, -0.15) is 0 Å². The van der Waals surface area contributed by atoms with E-state index in [4.69, 9.17) is 10.1 Å². The standard InChI is InChI=1S/C16H12N.C11H24O2.Ir/c1-12-11-14-9-5-6-10-15(14)17-16(12)13-7-3-2-4-8-13;1-4-6-7-10(5-2)11(13)8-9(3)12;/h2-7,9-11H,1H3;9-13H,4-8H2,1-3H3;/q-1;;.